The number of nitrogens with one attached hydrogen (secondary N) is 1. The molecular weight excluding hydrogens is 310 g/mol. The van der Waals surface area contributed by atoms with Crippen LogP contribution in [0.4, 0.5) is 0 Å². The van der Waals surface area contributed by atoms with Gasteiger partial charge in [-0.05, 0) is 36.8 Å². The van der Waals surface area contributed by atoms with E-state index in [1.54, 1.807) is 23.5 Å². The lowest BCUT2D eigenvalue weighted by Gasteiger charge is -2.27. The Morgan fingerprint density at radius 3 is 2.87 bits per heavy atom. The molecule has 6 heteroatoms. The standard InChI is InChI=1S/C17H21N3O2S/c1-2-13(18-17(22)12-5-3-6-12)11-20-16(21)9-8-14(19-20)15-7-4-10-23-15/h4,7-10,12-13H,2-3,5-6,11H2,1H3,(H,18,22)/t13-/m1/s1. The number of hydrogen-bond donors (Lipinski definition) is 1. The first-order chi connectivity index (χ1) is 11.2. The van der Waals surface area contributed by atoms with Crippen molar-refractivity contribution in [3.8, 4) is 10.6 Å². The van der Waals surface area contributed by atoms with Gasteiger partial charge in [0, 0.05) is 18.0 Å². The lowest BCUT2D eigenvalue weighted by atomic mass is 9.84. The summed E-state index contributed by atoms with van der Waals surface area (Å²) in [6, 6.07) is 7.18. The predicted octanol–water partition coefficient (Wildman–Crippen LogP) is 2.67. The number of hydrogen-bond acceptors (Lipinski definition) is 4. The maximum Gasteiger partial charge on any atom is 0.266 e. The van der Waals surface area contributed by atoms with E-state index in [0.29, 0.717) is 6.54 Å². The largest absolute Gasteiger partial charge is 0.351 e. The van der Waals surface area contributed by atoms with Crippen molar-refractivity contribution in [3.63, 3.8) is 0 Å². The van der Waals surface area contributed by atoms with Crippen LogP contribution in [0.1, 0.15) is 32.6 Å². The van der Waals surface area contributed by atoms with Crippen LogP contribution in [0.2, 0.25) is 0 Å². The Balaban J connectivity index is 1.73. The fourth-order valence-electron chi connectivity index (χ4n) is 2.61. The Morgan fingerprint density at radius 2 is 2.26 bits per heavy atom. The van der Waals surface area contributed by atoms with Crippen molar-refractivity contribution in [3.05, 3.63) is 40.0 Å². The van der Waals surface area contributed by atoms with E-state index < -0.39 is 0 Å². The van der Waals surface area contributed by atoms with Crippen LogP contribution in [0.3, 0.4) is 0 Å². The zero-order chi connectivity index (χ0) is 16.2. The van der Waals surface area contributed by atoms with E-state index in [1.807, 2.05) is 24.4 Å². The van der Waals surface area contributed by atoms with Crippen molar-refractivity contribution in [2.75, 3.05) is 0 Å². The van der Waals surface area contributed by atoms with E-state index >= 15 is 0 Å². The third-order valence-electron chi connectivity index (χ3n) is 4.35. The van der Waals surface area contributed by atoms with Gasteiger partial charge in [-0.25, -0.2) is 4.68 Å². The molecule has 0 spiro atoms. The highest BCUT2D eigenvalue weighted by Gasteiger charge is 2.26. The Bertz CT molecular complexity index is 720. The van der Waals surface area contributed by atoms with Crippen molar-refractivity contribution in [2.45, 2.75) is 45.2 Å². The monoisotopic (exact) mass is 331 g/mol. The second-order valence-electron chi connectivity index (χ2n) is 5.96. The molecule has 0 aromatic carbocycles. The number of carbonyl (C=O) groups excluding carboxylic acids is 1. The molecule has 2 aromatic heterocycles. The summed E-state index contributed by atoms with van der Waals surface area (Å²) in [6.45, 7) is 2.42. The van der Waals surface area contributed by atoms with E-state index in [0.717, 1.165) is 36.3 Å². The molecule has 1 amide bonds. The van der Waals surface area contributed by atoms with Gasteiger partial charge in [-0.2, -0.15) is 5.10 Å². The van der Waals surface area contributed by atoms with E-state index in [4.69, 9.17) is 0 Å². The maximum atomic E-state index is 12.1. The van der Waals surface area contributed by atoms with E-state index in [1.165, 1.54) is 4.68 Å². The summed E-state index contributed by atoms with van der Waals surface area (Å²) in [4.78, 5) is 25.2. The molecule has 1 atom stereocenters. The average molecular weight is 331 g/mol. The van der Waals surface area contributed by atoms with Gasteiger partial charge in [0.1, 0.15) is 5.69 Å². The SMILES string of the molecule is CC[C@H](Cn1nc(-c2cccs2)ccc1=O)NC(=O)C1CCC1. The predicted molar refractivity (Wildman–Crippen MR) is 91.4 cm³/mol. The van der Waals surface area contributed by atoms with Gasteiger partial charge in [0.05, 0.1) is 11.4 Å². The molecule has 0 aliphatic heterocycles. The van der Waals surface area contributed by atoms with Crippen molar-refractivity contribution in [1.29, 1.82) is 0 Å². The second-order valence-corrected chi connectivity index (χ2v) is 6.91. The molecule has 0 radical (unpaired) electrons. The zero-order valence-corrected chi connectivity index (χ0v) is 14.0. The number of rotatable bonds is 6. The molecule has 0 bridgehead atoms. The molecule has 0 saturated heterocycles. The Kier molecular flexibility index (Phi) is 4.91. The highest BCUT2D eigenvalue weighted by atomic mass is 32.1. The quantitative estimate of drug-likeness (QED) is 0.885. The molecule has 2 aromatic rings. The van der Waals surface area contributed by atoms with E-state index in [-0.39, 0.29) is 23.4 Å². The van der Waals surface area contributed by atoms with Crippen molar-refractivity contribution >= 4 is 17.2 Å². The summed E-state index contributed by atoms with van der Waals surface area (Å²) >= 11 is 1.59. The van der Waals surface area contributed by atoms with E-state index in [9.17, 15) is 9.59 Å². The first-order valence-corrected chi connectivity index (χ1v) is 8.97. The topological polar surface area (TPSA) is 64.0 Å². The number of nitrogens with zero attached hydrogens (tertiary/aromatic N) is 2. The molecule has 1 saturated carbocycles. The van der Waals surface area contributed by atoms with Gasteiger partial charge >= 0.3 is 0 Å². The summed E-state index contributed by atoms with van der Waals surface area (Å²) in [5.41, 5.74) is 0.654. The molecule has 1 N–H and O–H groups in total. The zero-order valence-electron chi connectivity index (χ0n) is 13.2. The molecule has 1 aliphatic rings. The number of thiophene rings is 1. The smallest absolute Gasteiger partial charge is 0.266 e. The van der Waals surface area contributed by atoms with Gasteiger partial charge in [-0.3, -0.25) is 9.59 Å². The van der Waals surface area contributed by atoms with Gasteiger partial charge in [0.2, 0.25) is 5.91 Å². The number of amides is 1. The first kappa shape index (κ1) is 15.9. The third kappa shape index (κ3) is 3.69. The van der Waals surface area contributed by atoms with Crippen LogP contribution in [-0.2, 0) is 11.3 Å². The maximum absolute atomic E-state index is 12.1. The minimum Gasteiger partial charge on any atom is -0.351 e. The second kappa shape index (κ2) is 7.08. The first-order valence-electron chi connectivity index (χ1n) is 8.09. The van der Waals surface area contributed by atoms with Crippen LogP contribution in [-0.4, -0.2) is 21.7 Å². The van der Waals surface area contributed by atoms with Gasteiger partial charge < -0.3 is 5.32 Å². The van der Waals surface area contributed by atoms with Gasteiger partial charge in [-0.1, -0.05) is 19.4 Å². The van der Waals surface area contributed by atoms with Crippen LogP contribution in [0, 0.1) is 5.92 Å². The summed E-state index contributed by atoms with van der Waals surface area (Å²) in [5.74, 6) is 0.275. The highest BCUT2D eigenvalue weighted by molar-refractivity contribution is 7.13. The van der Waals surface area contributed by atoms with Crippen molar-refractivity contribution in [1.82, 2.24) is 15.1 Å². The van der Waals surface area contributed by atoms with Gasteiger partial charge in [0.25, 0.3) is 5.56 Å². The van der Waals surface area contributed by atoms with Crippen LogP contribution < -0.4 is 10.9 Å². The minimum absolute atomic E-state index is 0.0631. The van der Waals surface area contributed by atoms with Gasteiger partial charge in [-0.15, -0.1) is 11.3 Å². The van der Waals surface area contributed by atoms with Crippen LogP contribution in [0.25, 0.3) is 10.6 Å². The third-order valence-corrected chi connectivity index (χ3v) is 5.24. The molecule has 3 rings (SSSR count). The van der Waals surface area contributed by atoms with Crippen LogP contribution in [0.15, 0.2) is 34.4 Å². The summed E-state index contributed by atoms with van der Waals surface area (Å²) in [7, 11) is 0. The average Bonchev–Trinajstić information content (AvgIpc) is 3.01. The molecular formula is C17H21N3O2S. The number of aromatic nitrogens is 2. The summed E-state index contributed by atoms with van der Waals surface area (Å²) in [5, 5.41) is 9.50. The van der Waals surface area contributed by atoms with E-state index in [2.05, 4.69) is 10.4 Å². The fraction of sp³-hybridized carbons (Fsp3) is 0.471. The van der Waals surface area contributed by atoms with Crippen LogP contribution >= 0.6 is 11.3 Å². The molecule has 1 aliphatic carbocycles. The van der Waals surface area contributed by atoms with Crippen molar-refractivity contribution in [2.24, 2.45) is 5.92 Å². The Labute approximate surface area is 139 Å². The molecule has 2 heterocycles. The summed E-state index contributed by atoms with van der Waals surface area (Å²) in [6.07, 6.45) is 3.87. The molecule has 1 fully saturated rings. The Morgan fingerprint density at radius 1 is 1.43 bits per heavy atom. The Hall–Kier alpha value is -1.95. The minimum atomic E-state index is -0.137. The fourth-order valence-corrected chi connectivity index (χ4v) is 3.30. The molecule has 0 unspecified atom stereocenters. The lowest BCUT2D eigenvalue weighted by Crippen LogP contribution is -2.44. The van der Waals surface area contributed by atoms with Crippen LogP contribution in [0.5, 0.6) is 0 Å². The molecule has 122 valence electrons. The van der Waals surface area contributed by atoms with Gasteiger partial charge in [0.15, 0.2) is 0 Å². The normalized spacial score (nSPS) is 15.9. The highest BCUT2D eigenvalue weighted by Crippen LogP contribution is 2.26. The summed E-state index contributed by atoms with van der Waals surface area (Å²) < 4.78 is 1.46. The number of carbonyl (C=O) groups is 1. The lowest BCUT2D eigenvalue weighted by molar-refractivity contribution is -0.128. The molecule has 23 heavy (non-hydrogen) atoms. The molecule has 5 nitrogen and oxygen atoms in total. The van der Waals surface area contributed by atoms with Crippen molar-refractivity contribution < 1.29 is 4.79 Å².